The maximum Gasteiger partial charge on any atom is 0.142 e. The molecule has 5 rings (SSSR count). The van der Waals surface area contributed by atoms with E-state index in [4.69, 9.17) is 11.6 Å². The van der Waals surface area contributed by atoms with Gasteiger partial charge in [0.05, 0.1) is 16.7 Å². The fraction of sp³-hybridized carbons (Fsp3) is 0.231. The molecule has 0 bridgehead atoms. The van der Waals surface area contributed by atoms with Crippen molar-refractivity contribution in [3.8, 4) is 22.4 Å². The van der Waals surface area contributed by atoms with Gasteiger partial charge in [0.25, 0.3) is 0 Å². The van der Waals surface area contributed by atoms with Gasteiger partial charge in [0.2, 0.25) is 0 Å². The number of carbonyl (C=O) groups is 1. The Hall–Kier alpha value is -3.35. The van der Waals surface area contributed by atoms with Crippen LogP contribution in [-0.4, -0.2) is 53.6 Å². The minimum atomic E-state index is -1.21. The molecule has 0 aliphatic carbocycles. The lowest BCUT2D eigenvalue weighted by molar-refractivity contribution is -0.255. The van der Waals surface area contributed by atoms with Gasteiger partial charge < -0.3 is 24.3 Å². The summed E-state index contributed by atoms with van der Waals surface area (Å²) in [6.07, 6.45) is 1.69. The Bertz CT molecular complexity index is 1340. The Morgan fingerprint density at radius 1 is 0.970 bits per heavy atom. The van der Waals surface area contributed by atoms with Crippen LogP contribution in [0.1, 0.15) is 10.4 Å². The number of rotatable bonds is 4. The van der Waals surface area contributed by atoms with Crippen molar-refractivity contribution in [1.82, 2.24) is 14.5 Å². The highest BCUT2D eigenvalue weighted by Crippen LogP contribution is 2.43. The molecule has 0 unspecified atom stereocenters. The summed E-state index contributed by atoms with van der Waals surface area (Å²) >= 11 is 6.63. The summed E-state index contributed by atoms with van der Waals surface area (Å²) in [5, 5.41) is 12.9. The monoisotopic (exact) mass is 459 g/mol. The molecule has 0 atom stereocenters. The molecule has 0 spiro atoms. The number of anilines is 1. The number of fused-ring (bicyclic) bond motifs is 1. The molecule has 0 N–H and O–H groups in total. The van der Waals surface area contributed by atoms with Crippen molar-refractivity contribution in [2.24, 2.45) is 7.05 Å². The number of benzene rings is 2. The second-order valence-electron chi connectivity index (χ2n) is 8.48. The largest absolute Gasteiger partial charge is 0.545 e. The first kappa shape index (κ1) is 21.5. The summed E-state index contributed by atoms with van der Waals surface area (Å²) in [7, 11) is 4.11. The van der Waals surface area contributed by atoms with Crippen molar-refractivity contribution in [1.29, 1.82) is 0 Å². The van der Waals surface area contributed by atoms with E-state index in [0.29, 0.717) is 5.02 Å². The fourth-order valence-electron chi connectivity index (χ4n) is 4.62. The predicted octanol–water partition coefficient (Wildman–Crippen LogP) is 3.68. The number of pyridine rings is 1. The summed E-state index contributed by atoms with van der Waals surface area (Å²) in [6.45, 7) is 4.11. The summed E-state index contributed by atoms with van der Waals surface area (Å²) in [6, 6.07) is 17.1. The van der Waals surface area contributed by atoms with Crippen molar-refractivity contribution in [2.45, 2.75) is 0 Å². The summed E-state index contributed by atoms with van der Waals surface area (Å²) < 4.78 is 2.02. The molecule has 3 heterocycles. The standard InChI is InChI=1S/C26H25ClN4O2/c1-29-12-14-31(15-13-29)20-8-6-17(7-9-20)24-22(18-4-3-5-19(16-18)26(32)33)23-21(27)10-11-28-25(23)30(24)2/h3-11,16H,12-15H2,1-2H3,(H,32,33)/p-1. The molecule has 0 saturated carbocycles. The molecule has 0 amide bonds. The average Bonchev–Trinajstić information content (AvgIpc) is 3.13. The van der Waals surface area contributed by atoms with Crippen molar-refractivity contribution in [3.63, 3.8) is 0 Å². The van der Waals surface area contributed by atoms with E-state index in [1.165, 1.54) is 11.8 Å². The highest BCUT2D eigenvalue weighted by atomic mass is 35.5. The van der Waals surface area contributed by atoms with Gasteiger partial charge in [-0.05, 0) is 48.0 Å². The summed E-state index contributed by atoms with van der Waals surface area (Å²) in [5.41, 5.74) is 5.64. The van der Waals surface area contributed by atoms with Crippen LogP contribution in [0.3, 0.4) is 0 Å². The summed E-state index contributed by atoms with van der Waals surface area (Å²) in [5.74, 6) is -1.21. The Morgan fingerprint density at radius 3 is 2.39 bits per heavy atom. The lowest BCUT2D eigenvalue weighted by Crippen LogP contribution is -2.44. The molecule has 0 radical (unpaired) electrons. The number of nitrogens with zero attached hydrogens (tertiary/aromatic N) is 4. The lowest BCUT2D eigenvalue weighted by atomic mass is 9.97. The Kier molecular flexibility index (Phi) is 5.56. The van der Waals surface area contributed by atoms with Gasteiger partial charge in [-0.3, -0.25) is 0 Å². The van der Waals surface area contributed by atoms with E-state index in [-0.39, 0.29) is 5.56 Å². The number of aromatic carboxylic acids is 1. The van der Waals surface area contributed by atoms with Crippen molar-refractivity contribution in [3.05, 3.63) is 71.4 Å². The molecule has 2 aromatic carbocycles. The smallest absolute Gasteiger partial charge is 0.142 e. The third kappa shape index (κ3) is 3.86. The number of aromatic nitrogens is 2. The number of aryl methyl sites for hydroxylation is 1. The first-order valence-electron chi connectivity index (χ1n) is 10.9. The third-order valence-corrected chi connectivity index (χ3v) is 6.73. The van der Waals surface area contributed by atoms with E-state index in [9.17, 15) is 9.90 Å². The highest BCUT2D eigenvalue weighted by Gasteiger charge is 2.22. The van der Waals surface area contributed by atoms with Crippen molar-refractivity contribution in [2.75, 3.05) is 38.1 Å². The Morgan fingerprint density at radius 2 is 1.70 bits per heavy atom. The molecule has 2 aromatic heterocycles. The van der Waals surface area contributed by atoms with Crippen LogP contribution in [0.5, 0.6) is 0 Å². The second-order valence-corrected chi connectivity index (χ2v) is 8.89. The second kappa shape index (κ2) is 8.54. The zero-order valence-corrected chi connectivity index (χ0v) is 19.3. The number of carbonyl (C=O) groups excluding carboxylic acids is 1. The van der Waals surface area contributed by atoms with Crippen LogP contribution < -0.4 is 10.0 Å². The Labute approximate surface area is 197 Å². The molecule has 7 heteroatoms. The molecule has 4 aromatic rings. The van der Waals surface area contributed by atoms with Gasteiger partial charge in [-0.25, -0.2) is 4.98 Å². The predicted molar refractivity (Wildman–Crippen MR) is 131 cm³/mol. The maximum absolute atomic E-state index is 11.5. The number of hydrogen-bond donors (Lipinski definition) is 0. The number of piperazine rings is 1. The van der Waals surface area contributed by atoms with E-state index >= 15 is 0 Å². The Balaban J connectivity index is 1.66. The maximum atomic E-state index is 11.5. The highest BCUT2D eigenvalue weighted by molar-refractivity contribution is 6.37. The van der Waals surface area contributed by atoms with Crippen molar-refractivity contribution >= 4 is 34.3 Å². The van der Waals surface area contributed by atoms with Gasteiger partial charge >= 0.3 is 0 Å². The van der Waals surface area contributed by atoms with Gasteiger partial charge in [-0.1, -0.05) is 41.9 Å². The van der Waals surface area contributed by atoms with Gasteiger partial charge in [-0.2, -0.15) is 0 Å². The first-order valence-corrected chi connectivity index (χ1v) is 11.3. The van der Waals surface area contributed by atoms with Crippen LogP contribution in [0, 0.1) is 0 Å². The molecular weight excluding hydrogens is 436 g/mol. The number of carboxylic acids is 1. The van der Waals surface area contributed by atoms with Crippen LogP contribution in [-0.2, 0) is 7.05 Å². The molecule has 1 saturated heterocycles. The first-order chi connectivity index (χ1) is 15.9. The van der Waals surface area contributed by atoms with E-state index in [1.54, 1.807) is 24.4 Å². The van der Waals surface area contributed by atoms with Crippen molar-refractivity contribution < 1.29 is 9.90 Å². The zero-order valence-electron chi connectivity index (χ0n) is 18.6. The minimum absolute atomic E-state index is 0.126. The third-order valence-electron chi connectivity index (χ3n) is 6.42. The van der Waals surface area contributed by atoms with Gasteiger partial charge in [-0.15, -0.1) is 0 Å². The quantitative estimate of drug-likeness (QED) is 0.466. The normalized spacial score (nSPS) is 14.7. The average molecular weight is 460 g/mol. The van der Waals surface area contributed by atoms with E-state index in [1.807, 2.05) is 17.7 Å². The van der Waals surface area contributed by atoms with Gasteiger partial charge in [0, 0.05) is 56.1 Å². The van der Waals surface area contributed by atoms with Gasteiger partial charge in [0.15, 0.2) is 0 Å². The molecular formula is C26H24ClN4O2-. The number of carboxylic acid groups (broad SMARTS) is 1. The molecule has 1 aliphatic rings. The molecule has 168 valence electrons. The molecule has 1 aliphatic heterocycles. The van der Waals surface area contributed by atoms with Crippen LogP contribution in [0.2, 0.25) is 5.02 Å². The van der Waals surface area contributed by atoms with E-state index < -0.39 is 5.97 Å². The minimum Gasteiger partial charge on any atom is -0.545 e. The number of halogens is 1. The van der Waals surface area contributed by atoms with Crippen LogP contribution in [0.25, 0.3) is 33.4 Å². The van der Waals surface area contributed by atoms with Crippen LogP contribution in [0.15, 0.2) is 60.8 Å². The molecule has 1 fully saturated rings. The van der Waals surface area contributed by atoms with Crippen LogP contribution >= 0.6 is 11.6 Å². The fourth-order valence-corrected chi connectivity index (χ4v) is 4.86. The van der Waals surface area contributed by atoms with E-state index in [0.717, 1.165) is 59.6 Å². The van der Waals surface area contributed by atoms with Gasteiger partial charge in [0.1, 0.15) is 5.65 Å². The summed E-state index contributed by atoms with van der Waals surface area (Å²) in [4.78, 5) is 20.8. The number of hydrogen-bond acceptors (Lipinski definition) is 5. The zero-order chi connectivity index (χ0) is 23.1. The number of likely N-dealkylation sites (N-methyl/N-ethyl adjacent to an activating group) is 1. The van der Waals surface area contributed by atoms with Crippen LogP contribution in [0.4, 0.5) is 5.69 Å². The SMILES string of the molecule is CN1CCN(c2ccc(-c3c(-c4cccc(C(=O)[O-])c4)c4c(Cl)ccnc4n3C)cc2)CC1. The topological polar surface area (TPSA) is 64.4 Å². The molecule has 6 nitrogen and oxygen atoms in total. The molecule has 33 heavy (non-hydrogen) atoms. The van der Waals surface area contributed by atoms with E-state index in [2.05, 4.69) is 46.1 Å². The lowest BCUT2D eigenvalue weighted by Gasteiger charge is -2.34.